The number of aliphatic carboxylic acids is 2. The molecule has 8 N–H and O–H groups in total. The van der Waals surface area contributed by atoms with Crippen molar-refractivity contribution in [2.24, 2.45) is 11.3 Å². The van der Waals surface area contributed by atoms with E-state index < -0.39 is 121 Å². The van der Waals surface area contributed by atoms with Gasteiger partial charge in [-0.3, -0.25) is 38.4 Å². The fourth-order valence-electron chi connectivity index (χ4n) is 5.36. The molecule has 0 bridgehead atoms. The van der Waals surface area contributed by atoms with Gasteiger partial charge in [0.15, 0.2) is 0 Å². The maximum absolute atomic E-state index is 14.0. The summed E-state index contributed by atoms with van der Waals surface area (Å²) in [4.78, 5) is 113. The molecule has 1 aromatic carbocycles. The van der Waals surface area contributed by atoms with Crippen LogP contribution in [0.25, 0.3) is 0 Å². The molecule has 6 atom stereocenters. The van der Waals surface area contributed by atoms with Crippen LogP contribution < -0.4 is 31.9 Å². The third kappa shape index (κ3) is 18.8. The van der Waals surface area contributed by atoms with Crippen LogP contribution in [0.15, 0.2) is 24.3 Å². The van der Waals surface area contributed by atoms with Crippen molar-refractivity contribution in [2.75, 3.05) is 0 Å². The van der Waals surface area contributed by atoms with Crippen LogP contribution in [0.5, 0.6) is 0 Å². The number of carboxylic acids is 2. The van der Waals surface area contributed by atoms with E-state index in [0.717, 1.165) is 5.56 Å². The Balaban J connectivity index is 3.36. The highest BCUT2D eigenvalue weighted by molar-refractivity contribution is 5.97. The molecule has 17 nitrogen and oxygen atoms in total. The molecule has 318 valence electrons. The molecule has 0 saturated carbocycles. The number of carbonyl (C=O) groups excluding carboxylic acids is 7. The molecule has 0 radical (unpaired) electrons. The lowest BCUT2D eigenvalue weighted by molar-refractivity contribution is -0.147. The van der Waals surface area contributed by atoms with Gasteiger partial charge in [0.2, 0.25) is 35.4 Å². The van der Waals surface area contributed by atoms with Gasteiger partial charge in [-0.25, -0.2) is 0 Å². The molecule has 0 heterocycles. The van der Waals surface area contributed by atoms with E-state index in [2.05, 4.69) is 26.6 Å². The number of nitrogens with one attached hydrogen (secondary N) is 6. The first kappa shape index (κ1) is 49.5. The van der Waals surface area contributed by atoms with E-state index in [0.29, 0.717) is 5.56 Å². The zero-order valence-electron chi connectivity index (χ0n) is 32.9. The Labute approximate surface area is 328 Å². The summed E-state index contributed by atoms with van der Waals surface area (Å²) in [6.45, 7) is 11.1. The summed E-state index contributed by atoms with van der Waals surface area (Å²) in [5.74, 6) is -8.83. The van der Waals surface area contributed by atoms with E-state index in [-0.39, 0.29) is 25.0 Å². The number of carboxylic acid groups (broad SMARTS) is 2. The topological polar surface area (TPSA) is 266 Å². The van der Waals surface area contributed by atoms with Gasteiger partial charge >= 0.3 is 18.1 Å². The maximum Gasteiger partial charge on any atom is 0.391 e. The van der Waals surface area contributed by atoms with E-state index in [1.54, 1.807) is 65.8 Å². The van der Waals surface area contributed by atoms with Gasteiger partial charge in [0.25, 0.3) is 0 Å². The molecule has 0 aliphatic rings. The van der Waals surface area contributed by atoms with Crippen LogP contribution in [0.4, 0.5) is 13.2 Å². The van der Waals surface area contributed by atoms with E-state index in [9.17, 15) is 61.4 Å². The molecule has 0 aliphatic carbocycles. The van der Waals surface area contributed by atoms with Gasteiger partial charge in [-0.2, -0.15) is 13.2 Å². The number of carbonyl (C=O) groups is 9. The Hall–Kier alpha value is -5.56. The van der Waals surface area contributed by atoms with Crippen molar-refractivity contribution < 1.29 is 66.5 Å². The Kier molecular flexibility index (Phi) is 19.3. The van der Waals surface area contributed by atoms with Gasteiger partial charge < -0.3 is 46.9 Å². The summed E-state index contributed by atoms with van der Waals surface area (Å²) in [7, 11) is 0. The fraction of sp³-hybridized carbons (Fsp3) is 0.595. The predicted octanol–water partition coefficient (Wildman–Crippen LogP) is 1.05. The molecule has 0 aromatic heterocycles. The smallest absolute Gasteiger partial charge is 0.391 e. The number of benzene rings is 1. The molecule has 57 heavy (non-hydrogen) atoms. The highest BCUT2D eigenvalue weighted by Crippen LogP contribution is 2.22. The standard InChI is InChI=1S/C37H53F3N6O11/c1-19(2)14-24(33(55)42-23(18-47)17-37(38,39)40)45-35(57)30(36(5,6)7)46-34(56)25(15-22-11-9-8-10-20(22)3)44-31(53)21(4)41-32(54)26(16-29(51)52)43-27(48)12-13-28(49)50/h8-11,18-19,21,23-26,30H,12-17H2,1-7H3,(H,41,54)(H,42,55)(H,43,48)(H,44,53)(H,45,57)(H,46,56)(H,49,50)(H,51,52)/t21-,23+,24+,25+,26-,30-/m1/s1. The van der Waals surface area contributed by atoms with E-state index >= 15 is 0 Å². The summed E-state index contributed by atoms with van der Waals surface area (Å²) in [6, 6.07) is -2.39. The van der Waals surface area contributed by atoms with Gasteiger partial charge in [-0.15, -0.1) is 0 Å². The summed E-state index contributed by atoms with van der Waals surface area (Å²) >= 11 is 0. The Morgan fingerprint density at radius 3 is 1.77 bits per heavy atom. The van der Waals surface area contributed by atoms with Crippen molar-refractivity contribution >= 4 is 53.7 Å². The van der Waals surface area contributed by atoms with E-state index in [1.807, 2.05) is 5.32 Å². The van der Waals surface area contributed by atoms with Gasteiger partial charge in [0, 0.05) is 12.8 Å². The van der Waals surface area contributed by atoms with Crippen LogP contribution in [0.1, 0.15) is 84.8 Å². The van der Waals surface area contributed by atoms with Crippen LogP contribution in [0.3, 0.4) is 0 Å². The van der Waals surface area contributed by atoms with Gasteiger partial charge in [-0.1, -0.05) is 58.9 Å². The lowest BCUT2D eigenvalue weighted by Crippen LogP contribution is -2.62. The van der Waals surface area contributed by atoms with Crippen molar-refractivity contribution in [3.05, 3.63) is 35.4 Å². The average Bonchev–Trinajstić information content (AvgIpc) is 3.07. The van der Waals surface area contributed by atoms with Crippen LogP contribution in [0.2, 0.25) is 0 Å². The van der Waals surface area contributed by atoms with Crippen LogP contribution in [0, 0.1) is 18.3 Å². The van der Waals surface area contributed by atoms with E-state index in [1.165, 1.54) is 6.92 Å². The van der Waals surface area contributed by atoms with Crippen molar-refractivity contribution in [1.29, 1.82) is 0 Å². The van der Waals surface area contributed by atoms with Crippen LogP contribution >= 0.6 is 0 Å². The molecular weight excluding hydrogens is 761 g/mol. The Bertz CT molecular complexity index is 1630. The predicted molar refractivity (Wildman–Crippen MR) is 197 cm³/mol. The summed E-state index contributed by atoms with van der Waals surface area (Å²) in [6.07, 6.45) is -8.68. The number of halogens is 3. The highest BCUT2D eigenvalue weighted by Gasteiger charge is 2.39. The zero-order chi connectivity index (χ0) is 43.8. The largest absolute Gasteiger partial charge is 0.481 e. The number of aldehydes is 1. The minimum Gasteiger partial charge on any atom is -0.481 e. The Morgan fingerprint density at radius 1 is 0.702 bits per heavy atom. The molecular formula is C37H53F3N6O11. The summed E-state index contributed by atoms with van der Waals surface area (Å²) in [5, 5.41) is 32.1. The van der Waals surface area contributed by atoms with Crippen LogP contribution in [-0.2, 0) is 49.6 Å². The lowest BCUT2D eigenvalue weighted by Gasteiger charge is -2.33. The first-order valence-corrected chi connectivity index (χ1v) is 18.0. The number of amides is 6. The highest BCUT2D eigenvalue weighted by atomic mass is 19.4. The van der Waals surface area contributed by atoms with Gasteiger partial charge in [0.05, 0.1) is 25.3 Å². The molecule has 6 amide bonds. The number of hydrogen-bond acceptors (Lipinski definition) is 9. The minimum atomic E-state index is -4.77. The first-order valence-electron chi connectivity index (χ1n) is 18.0. The number of hydrogen-bond donors (Lipinski definition) is 8. The SMILES string of the molecule is Cc1ccccc1C[C@H](NC(=O)[C@@H](C)NC(=O)[C@@H](CC(=O)O)NC(=O)CCC(=O)O)C(=O)N[C@H](C(=O)N[C@@H](CC(C)C)C(=O)N[C@H](C=O)CC(F)(F)F)C(C)(C)C. The molecule has 0 unspecified atom stereocenters. The van der Waals surface area contributed by atoms with Gasteiger partial charge in [0.1, 0.15) is 36.5 Å². The van der Waals surface area contributed by atoms with Crippen molar-refractivity contribution in [2.45, 2.75) is 129 Å². The molecule has 0 spiro atoms. The summed E-state index contributed by atoms with van der Waals surface area (Å²) in [5.41, 5.74) is 0.273. The molecule has 1 aromatic rings. The summed E-state index contributed by atoms with van der Waals surface area (Å²) < 4.78 is 38.9. The molecule has 20 heteroatoms. The number of alkyl halides is 3. The third-order valence-electron chi connectivity index (χ3n) is 8.36. The van der Waals surface area contributed by atoms with Crippen molar-refractivity contribution in [1.82, 2.24) is 31.9 Å². The third-order valence-corrected chi connectivity index (χ3v) is 8.36. The maximum atomic E-state index is 14.0. The van der Waals surface area contributed by atoms with Crippen molar-refractivity contribution in [3.63, 3.8) is 0 Å². The monoisotopic (exact) mass is 814 g/mol. The fourth-order valence-corrected chi connectivity index (χ4v) is 5.36. The molecule has 1 rings (SSSR count). The first-order chi connectivity index (χ1) is 26.2. The normalized spacial score (nSPS) is 14.7. The molecule has 0 saturated heterocycles. The molecule has 0 aliphatic heterocycles. The second kappa shape index (κ2) is 22.2. The number of rotatable bonds is 22. The Morgan fingerprint density at radius 2 is 1.26 bits per heavy atom. The van der Waals surface area contributed by atoms with Crippen molar-refractivity contribution in [3.8, 4) is 0 Å². The average molecular weight is 815 g/mol. The second-order valence-electron chi connectivity index (χ2n) is 15.1. The quantitative estimate of drug-likeness (QED) is 0.0767. The zero-order valence-corrected chi connectivity index (χ0v) is 32.9. The second-order valence-corrected chi connectivity index (χ2v) is 15.1. The minimum absolute atomic E-state index is 0.0467. The van der Waals surface area contributed by atoms with E-state index in [4.69, 9.17) is 5.11 Å². The lowest BCUT2D eigenvalue weighted by atomic mass is 9.85. The number of aryl methyl sites for hydroxylation is 1. The molecule has 0 fully saturated rings. The van der Waals surface area contributed by atoms with Crippen LogP contribution in [-0.4, -0.2) is 106 Å². The van der Waals surface area contributed by atoms with Gasteiger partial charge in [-0.05, 0) is 42.7 Å².